The smallest absolute Gasteiger partial charge is 0.200 e. The number of carbonyl (C=O) groups excluding carboxylic acids is 2. The highest BCUT2D eigenvalue weighted by molar-refractivity contribution is 6.06. The highest BCUT2D eigenvalue weighted by atomic mass is 16.3. The predicted molar refractivity (Wildman–Crippen MR) is 120 cm³/mol. The lowest BCUT2D eigenvalue weighted by Crippen LogP contribution is -2.37. The summed E-state index contributed by atoms with van der Waals surface area (Å²) < 4.78 is 5.83. The molecule has 0 unspecified atom stereocenters. The average molecular weight is 424 g/mol. The monoisotopic (exact) mass is 424 g/mol. The van der Waals surface area contributed by atoms with Crippen molar-refractivity contribution in [2.24, 2.45) is 0 Å². The number of aliphatic hydroxyl groups is 2. The van der Waals surface area contributed by atoms with Crippen LogP contribution in [0.3, 0.4) is 0 Å². The Balaban J connectivity index is 2.18. The minimum Gasteiger partial charge on any atom is -0.456 e. The van der Waals surface area contributed by atoms with Crippen LogP contribution in [-0.2, 0) is 0 Å². The van der Waals surface area contributed by atoms with Gasteiger partial charge in [0.15, 0.2) is 11.6 Å². The van der Waals surface area contributed by atoms with Gasteiger partial charge in [-0.05, 0) is 62.1 Å². The number of benzene rings is 2. The van der Waals surface area contributed by atoms with Gasteiger partial charge >= 0.3 is 0 Å². The molecule has 6 nitrogen and oxygen atoms in total. The third-order valence-corrected chi connectivity index (χ3v) is 6.38. The first-order valence-electron chi connectivity index (χ1n) is 10.7. The summed E-state index contributed by atoms with van der Waals surface area (Å²) in [6, 6.07) is 9.03. The second-order valence-electron chi connectivity index (χ2n) is 7.99. The number of rotatable bonds is 8. The summed E-state index contributed by atoms with van der Waals surface area (Å²) in [5.41, 5.74) is -2.29. The molecule has 0 saturated carbocycles. The Morgan fingerprint density at radius 3 is 1.42 bits per heavy atom. The number of ketones is 2. The van der Waals surface area contributed by atoms with Gasteiger partial charge in [-0.3, -0.25) is 14.4 Å². The number of carbonyl (C=O) groups is 2. The number of hydrogen-bond donors (Lipinski definition) is 2. The zero-order valence-corrected chi connectivity index (χ0v) is 18.3. The van der Waals surface area contributed by atoms with Gasteiger partial charge in [0.05, 0.1) is 10.8 Å². The average Bonchev–Trinajstić information content (AvgIpc) is 2.81. The minimum atomic E-state index is -1.49. The van der Waals surface area contributed by atoms with Gasteiger partial charge in [0.25, 0.3) is 0 Å². The van der Waals surface area contributed by atoms with Gasteiger partial charge in [0.1, 0.15) is 22.4 Å². The molecule has 1 aromatic heterocycles. The highest BCUT2D eigenvalue weighted by Gasteiger charge is 2.34. The lowest BCUT2D eigenvalue weighted by atomic mass is 9.87. The Bertz CT molecular complexity index is 1120. The lowest BCUT2D eigenvalue weighted by molar-refractivity contribution is 0.0277. The van der Waals surface area contributed by atoms with E-state index in [0.717, 1.165) is 0 Å². The molecule has 31 heavy (non-hydrogen) atoms. The van der Waals surface area contributed by atoms with Crippen molar-refractivity contribution in [3.8, 4) is 0 Å². The van der Waals surface area contributed by atoms with E-state index in [1.54, 1.807) is 39.8 Å². The van der Waals surface area contributed by atoms with Gasteiger partial charge in [-0.2, -0.15) is 0 Å². The van der Waals surface area contributed by atoms with Crippen LogP contribution in [0.4, 0.5) is 0 Å². The molecular weight excluding hydrogens is 396 g/mol. The van der Waals surface area contributed by atoms with E-state index < -0.39 is 22.8 Å². The maximum atomic E-state index is 13.2. The molecular formula is C25H28O6. The van der Waals surface area contributed by atoms with Gasteiger partial charge in [0, 0.05) is 11.1 Å². The van der Waals surface area contributed by atoms with E-state index in [9.17, 15) is 24.6 Å². The second-order valence-corrected chi connectivity index (χ2v) is 7.99. The predicted octanol–water partition coefficient (Wildman–Crippen LogP) is 4.41. The fourth-order valence-corrected chi connectivity index (χ4v) is 3.82. The summed E-state index contributed by atoms with van der Waals surface area (Å²) in [5.74, 6) is -0.891. The fraction of sp³-hybridized carbons (Fsp3) is 0.400. The number of fused-ring (bicyclic) bond motifs is 2. The van der Waals surface area contributed by atoms with Gasteiger partial charge in [-0.1, -0.05) is 27.7 Å². The van der Waals surface area contributed by atoms with Crippen molar-refractivity contribution < 1.29 is 24.2 Å². The summed E-state index contributed by atoms with van der Waals surface area (Å²) in [6.07, 6.45) is 1.04. The molecule has 0 atom stereocenters. The van der Waals surface area contributed by atoms with Crippen molar-refractivity contribution in [2.75, 3.05) is 0 Å². The van der Waals surface area contributed by atoms with Crippen molar-refractivity contribution in [2.45, 2.75) is 64.6 Å². The minimum absolute atomic E-state index is 0.193. The van der Waals surface area contributed by atoms with Crippen molar-refractivity contribution >= 4 is 33.5 Å². The van der Waals surface area contributed by atoms with Crippen LogP contribution in [0.2, 0.25) is 0 Å². The molecule has 3 aromatic rings. The highest BCUT2D eigenvalue weighted by Crippen LogP contribution is 2.27. The van der Waals surface area contributed by atoms with Crippen LogP contribution in [-0.4, -0.2) is 33.0 Å². The molecule has 0 radical (unpaired) electrons. The first-order chi connectivity index (χ1) is 14.6. The van der Waals surface area contributed by atoms with Crippen LogP contribution in [0, 0.1) is 0 Å². The Morgan fingerprint density at radius 2 is 1.10 bits per heavy atom. The van der Waals surface area contributed by atoms with Crippen LogP contribution in [0.1, 0.15) is 74.1 Å². The van der Waals surface area contributed by atoms with Crippen LogP contribution in [0.25, 0.3) is 21.9 Å². The van der Waals surface area contributed by atoms with E-state index in [1.165, 1.54) is 24.3 Å². The molecule has 2 aromatic carbocycles. The topological polar surface area (TPSA) is 105 Å². The van der Waals surface area contributed by atoms with E-state index in [4.69, 9.17) is 4.42 Å². The lowest BCUT2D eigenvalue weighted by Gasteiger charge is -2.23. The zero-order chi connectivity index (χ0) is 23.0. The fourth-order valence-electron chi connectivity index (χ4n) is 3.82. The van der Waals surface area contributed by atoms with E-state index in [1.807, 2.05) is 0 Å². The van der Waals surface area contributed by atoms with Crippen LogP contribution in [0.15, 0.2) is 45.6 Å². The van der Waals surface area contributed by atoms with E-state index in [2.05, 4.69) is 0 Å². The molecule has 0 bridgehead atoms. The number of Topliss-reactive ketones (excluding diaryl/α,β-unsaturated/α-hetero) is 2. The van der Waals surface area contributed by atoms with Gasteiger partial charge in [-0.15, -0.1) is 0 Å². The van der Waals surface area contributed by atoms with E-state index in [0.29, 0.717) is 11.2 Å². The maximum Gasteiger partial charge on any atom is 0.200 e. The molecule has 0 aliphatic carbocycles. The summed E-state index contributed by atoms with van der Waals surface area (Å²) in [5, 5.41) is 21.5. The van der Waals surface area contributed by atoms with Crippen molar-refractivity contribution in [1.29, 1.82) is 0 Å². The largest absolute Gasteiger partial charge is 0.456 e. The van der Waals surface area contributed by atoms with Crippen LogP contribution >= 0.6 is 0 Å². The van der Waals surface area contributed by atoms with Gasteiger partial charge in [-0.25, -0.2) is 0 Å². The van der Waals surface area contributed by atoms with Crippen molar-refractivity contribution in [3.63, 3.8) is 0 Å². The normalized spacial score (nSPS) is 12.5. The maximum absolute atomic E-state index is 13.2. The third-order valence-electron chi connectivity index (χ3n) is 6.38. The molecule has 2 N–H and O–H groups in total. The molecule has 0 spiro atoms. The Labute approximate surface area is 180 Å². The van der Waals surface area contributed by atoms with E-state index >= 15 is 0 Å². The first-order valence-corrected chi connectivity index (χ1v) is 10.7. The first kappa shape index (κ1) is 22.8. The quantitative estimate of drug-likeness (QED) is 0.410. The van der Waals surface area contributed by atoms with Gasteiger partial charge < -0.3 is 14.6 Å². The molecule has 1 heterocycles. The van der Waals surface area contributed by atoms with Gasteiger partial charge in [0.2, 0.25) is 5.43 Å². The summed E-state index contributed by atoms with van der Waals surface area (Å²) >= 11 is 0. The molecule has 3 rings (SSSR count). The molecule has 164 valence electrons. The Kier molecular flexibility index (Phi) is 6.16. The third kappa shape index (κ3) is 3.82. The van der Waals surface area contributed by atoms with Crippen LogP contribution < -0.4 is 5.43 Å². The number of hydrogen-bond acceptors (Lipinski definition) is 6. The second kappa shape index (κ2) is 8.36. The SMILES string of the molecule is CCC(O)(CC)C(=O)c1ccc2oc3ccc(C(=O)C(O)(CC)CC)cc3c(=O)c2c1. The standard InChI is InChI=1S/C25H28O6/c1-5-24(29,6-2)22(27)15-9-11-19-17(13-15)21(26)18-14-16(10-12-20(18)31-19)23(28)25(30,7-3)8-4/h9-14,29-30H,5-8H2,1-4H3. The summed E-state index contributed by atoms with van der Waals surface area (Å²) in [4.78, 5) is 38.8. The van der Waals surface area contributed by atoms with Crippen molar-refractivity contribution in [1.82, 2.24) is 0 Å². The Morgan fingerprint density at radius 1 is 0.742 bits per heavy atom. The summed E-state index contributed by atoms with van der Waals surface area (Å²) in [6.45, 7) is 6.93. The molecule has 0 aliphatic heterocycles. The van der Waals surface area contributed by atoms with Crippen LogP contribution in [0.5, 0.6) is 0 Å². The molecule has 0 amide bonds. The molecule has 6 heteroatoms. The van der Waals surface area contributed by atoms with Crippen molar-refractivity contribution in [3.05, 3.63) is 57.7 Å². The zero-order valence-electron chi connectivity index (χ0n) is 18.3. The summed E-state index contributed by atoms with van der Waals surface area (Å²) in [7, 11) is 0. The molecule has 0 aliphatic rings. The Hall–Kier alpha value is -2.83. The molecule has 0 fully saturated rings. The van der Waals surface area contributed by atoms with E-state index in [-0.39, 0.29) is 53.0 Å². The molecule has 0 saturated heterocycles.